The minimum atomic E-state index is -0.658. The van der Waals surface area contributed by atoms with Crippen LogP contribution in [0.4, 0.5) is 11.4 Å². The quantitative estimate of drug-likeness (QED) is 0.492. The fourth-order valence-corrected chi connectivity index (χ4v) is 2.03. The molecule has 102 valence electrons. The molecule has 19 heavy (non-hydrogen) atoms. The first-order valence-corrected chi connectivity index (χ1v) is 5.89. The van der Waals surface area contributed by atoms with Crippen molar-refractivity contribution in [1.29, 1.82) is 0 Å². The summed E-state index contributed by atoms with van der Waals surface area (Å²) in [5.74, 6) is -0.771. The highest BCUT2D eigenvalue weighted by Gasteiger charge is 2.32. The summed E-state index contributed by atoms with van der Waals surface area (Å²) in [6, 6.07) is 3.84. The van der Waals surface area contributed by atoms with E-state index in [0.717, 1.165) is 6.42 Å². The number of nitrogens with zero attached hydrogens (tertiary/aromatic N) is 1. The monoisotopic (exact) mass is 266 g/mol. The van der Waals surface area contributed by atoms with Crippen molar-refractivity contribution in [3.05, 3.63) is 28.3 Å². The number of phenols is 1. The van der Waals surface area contributed by atoms with Crippen LogP contribution < -0.4 is 5.32 Å². The van der Waals surface area contributed by atoms with Crippen molar-refractivity contribution in [2.24, 2.45) is 5.92 Å². The number of nitrogens with one attached hydrogen (secondary N) is 1. The maximum absolute atomic E-state index is 12.0. The molecule has 1 amide bonds. The minimum absolute atomic E-state index is 0.0462. The summed E-state index contributed by atoms with van der Waals surface area (Å²) in [6.07, 6.45) is 0.125. The summed E-state index contributed by atoms with van der Waals surface area (Å²) in [6.45, 7) is 2.36. The highest BCUT2D eigenvalue weighted by atomic mass is 16.6. The summed E-state index contributed by atoms with van der Waals surface area (Å²) in [7, 11) is 0. The molecule has 1 aromatic carbocycles. The Bertz CT molecular complexity index is 517. The Morgan fingerprint density at radius 2 is 2.32 bits per heavy atom. The molecule has 0 spiro atoms. The van der Waals surface area contributed by atoms with E-state index in [-0.39, 0.29) is 23.0 Å². The number of hydrogen-bond acceptors (Lipinski definition) is 5. The van der Waals surface area contributed by atoms with Crippen molar-refractivity contribution in [1.82, 2.24) is 0 Å². The van der Waals surface area contributed by atoms with Crippen molar-refractivity contribution >= 4 is 17.3 Å². The van der Waals surface area contributed by atoms with Crippen molar-refractivity contribution < 1.29 is 19.6 Å². The second kappa shape index (κ2) is 5.23. The molecule has 2 unspecified atom stereocenters. The molecular weight excluding hydrogens is 252 g/mol. The van der Waals surface area contributed by atoms with Crippen LogP contribution in [0, 0.1) is 16.0 Å². The van der Waals surface area contributed by atoms with Crippen molar-refractivity contribution in [3.8, 4) is 5.75 Å². The van der Waals surface area contributed by atoms with Crippen LogP contribution in [0.15, 0.2) is 18.2 Å². The molecule has 2 N–H and O–H groups in total. The van der Waals surface area contributed by atoms with Crippen LogP contribution in [-0.4, -0.2) is 28.6 Å². The number of para-hydroxylation sites is 1. The number of benzene rings is 1. The van der Waals surface area contributed by atoms with E-state index < -0.39 is 16.9 Å². The fraction of sp³-hybridized carbons (Fsp3) is 0.417. The molecule has 7 nitrogen and oxygen atoms in total. The molecule has 0 aliphatic carbocycles. The maximum atomic E-state index is 12.0. The zero-order valence-corrected chi connectivity index (χ0v) is 10.3. The lowest BCUT2D eigenvalue weighted by Gasteiger charge is -2.15. The molecule has 2 atom stereocenters. The standard InChI is InChI=1S/C12H14N2O5/c1-7-5-6-19-11(7)12(16)13-10-8(14(17)18)3-2-4-9(10)15/h2-4,7,11,15H,5-6H2,1H3,(H,13,16). The Morgan fingerprint density at radius 1 is 1.58 bits per heavy atom. The van der Waals surface area contributed by atoms with E-state index >= 15 is 0 Å². The van der Waals surface area contributed by atoms with E-state index in [2.05, 4.69) is 5.32 Å². The number of ether oxygens (including phenoxy) is 1. The van der Waals surface area contributed by atoms with Gasteiger partial charge < -0.3 is 15.2 Å². The highest BCUT2D eigenvalue weighted by Crippen LogP contribution is 2.34. The van der Waals surface area contributed by atoms with Gasteiger partial charge in [0.15, 0.2) is 5.69 Å². The molecule has 7 heteroatoms. The first-order chi connectivity index (χ1) is 9.00. The van der Waals surface area contributed by atoms with Gasteiger partial charge in [0.1, 0.15) is 11.9 Å². The van der Waals surface area contributed by atoms with Crippen molar-refractivity contribution in [2.75, 3.05) is 11.9 Å². The Hall–Kier alpha value is -2.15. The van der Waals surface area contributed by atoms with Gasteiger partial charge in [-0.25, -0.2) is 0 Å². The molecule has 1 saturated heterocycles. The molecule has 0 saturated carbocycles. The van der Waals surface area contributed by atoms with Gasteiger partial charge in [-0.05, 0) is 18.4 Å². The van der Waals surface area contributed by atoms with Crippen LogP contribution in [0.5, 0.6) is 5.75 Å². The third-order valence-electron chi connectivity index (χ3n) is 3.11. The first-order valence-electron chi connectivity index (χ1n) is 5.89. The normalized spacial score (nSPS) is 22.2. The number of anilines is 1. The predicted molar refractivity (Wildman–Crippen MR) is 66.9 cm³/mol. The van der Waals surface area contributed by atoms with E-state index in [9.17, 15) is 20.0 Å². The predicted octanol–water partition coefficient (Wildman–Crippen LogP) is 1.66. The number of carbonyl (C=O) groups excluding carboxylic acids is 1. The first kappa shape index (κ1) is 13.3. The van der Waals surface area contributed by atoms with E-state index in [1.807, 2.05) is 6.92 Å². The summed E-state index contributed by atoms with van der Waals surface area (Å²) in [5.41, 5.74) is -0.542. The number of nitro benzene ring substituents is 1. The molecule has 1 fully saturated rings. The van der Waals surface area contributed by atoms with Crippen LogP contribution >= 0.6 is 0 Å². The van der Waals surface area contributed by atoms with Crippen molar-refractivity contribution in [2.45, 2.75) is 19.4 Å². The zero-order chi connectivity index (χ0) is 14.0. The third-order valence-corrected chi connectivity index (χ3v) is 3.11. The Morgan fingerprint density at radius 3 is 2.89 bits per heavy atom. The number of rotatable bonds is 3. The minimum Gasteiger partial charge on any atom is -0.505 e. The van der Waals surface area contributed by atoms with E-state index in [1.54, 1.807) is 0 Å². The van der Waals surface area contributed by atoms with E-state index in [1.165, 1.54) is 18.2 Å². The van der Waals surface area contributed by atoms with Gasteiger partial charge in [-0.1, -0.05) is 13.0 Å². The topological polar surface area (TPSA) is 102 Å². The summed E-state index contributed by atoms with van der Waals surface area (Å²) in [5, 5.41) is 22.9. The van der Waals surface area contributed by atoms with Gasteiger partial charge in [-0.15, -0.1) is 0 Å². The van der Waals surface area contributed by atoms with Gasteiger partial charge in [0, 0.05) is 12.7 Å². The summed E-state index contributed by atoms with van der Waals surface area (Å²) >= 11 is 0. The third kappa shape index (κ3) is 2.65. The largest absolute Gasteiger partial charge is 0.505 e. The number of aromatic hydroxyl groups is 1. The number of carbonyl (C=O) groups is 1. The molecule has 0 radical (unpaired) electrons. The molecule has 0 bridgehead atoms. The van der Waals surface area contributed by atoms with Crippen LogP contribution in [0.2, 0.25) is 0 Å². The van der Waals surface area contributed by atoms with Gasteiger partial charge in [0.25, 0.3) is 11.6 Å². The lowest BCUT2D eigenvalue weighted by atomic mass is 10.0. The van der Waals surface area contributed by atoms with Crippen LogP contribution in [0.3, 0.4) is 0 Å². The zero-order valence-electron chi connectivity index (χ0n) is 10.3. The SMILES string of the molecule is CC1CCOC1C(=O)Nc1c(O)cccc1[N+](=O)[O-]. The highest BCUT2D eigenvalue weighted by molar-refractivity contribution is 5.98. The van der Waals surface area contributed by atoms with Gasteiger partial charge in [-0.2, -0.15) is 0 Å². The van der Waals surface area contributed by atoms with Gasteiger partial charge in [0.2, 0.25) is 0 Å². The lowest BCUT2D eigenvalue weighted by Crippen LogP contribution is -2.31. The Labute approximate surface area is 109 Å². The summed E-state index contributed by atoms with van der Waals surface area (Å²) < 4.78 is 5.28. The smallest absolute Gasteiger partial charge is 0.296 e. The number of phenolic OH excluding ortho intramolecular Hbond substituents is 1. The second-order valence-electron chi connectivity index (χ2n) is 4.47. The molecule has 1 aliphatic rings. The van der Waals surface area contributed by atoms with E-state index in [4.69, 9.17) is 4.74 Å². The average molecular weight is 266 g/mol. The lowest BCUT2D eigenvalue weighted by molar-refractivity contribution is -0.384. The van der Waals surface area contributed by atoms with Crippen LogP contribution in [0.1, 0.15) is 13.3 Å². The number of nitro groups is 1. The van der Waals surface area contributed by atoms with Gasteiger partial charge in [0.05, 0.1) is 4.92 Å². The van der Waals surface area contributed by atoms with E-state index in [0.29, 0.717) is 6.61 Å². The molecule has 0 aromatic heterocycles. The molecule has 1 aromatic rings. The molecular formula is C12H14N2O5. The number of hydrogen-bond donors (Lipinski definition) is 2. The molecule has 1 heterocycles. The van der Waals surface area contributed by atoms with Crippen molar-refractivity contribution in [3.63, 3.8) is 0 Å². The van der Waals surface area contributed by atoms with Crippen LogP contribution in [0.25, 0.3) is 0 Å². The maximum Gasteiger partial charge on any atom is 0.296 e. The van der Waals surface area contributed by atoms with Crippen LogP contribution in [-0.2, 0) is 9.53 Å². The average Bonchev–Trinajstić information content (AvgIpc) is 2.77. The molecule has 1 aliphatic heterocycles. The van der Waals surface area contributed by atoms with Gasteiger partial charge >= 0.3 is 0 Å². The molecule has 2 rings (SSSR count). The van der Waals surface area contributed by atoms with Gasteiger partial charge in [-0.3, -0.25) is 14.9 Å². The number of amides is 1. The Kier molecular flexibility index (Phi) is 3.66. The summed E-state index contributed by atoms with van der Waals surface area (Å²) in [4.78, 5) is 22.2. The Balaban J connectivity index is 2.23. The fourth-order valence-electron chi connectivity index (χ4n) is 2.03. The second-order valence-corrected chi connectivity index (χ2v) is 4.47.